The SMILES string of the molecule is CCO.CCO.N.O=C(O)CCCCC(=O)O. The van der Waals surface area contributed by atoms with E-state index in [1.54, 1.807) is 13.8 Å². The highest BCUT2D eigenvalue weighted by atomic mass is 16.4. The summed E-state index contributed by atoms with van der Waals surface area (Å²) in [6, 6.07) is 0. The van der Waals surface area contributed by atoms with E-state index in [2.05, 4.69) is 0 Å². The molecule has 0 amide bonds. The summed E-state index contributed by atoms with van der Waals surface area (Å²) >= 11 is 0. The molecular formula is C10H25NO6. The maximum absolute atomic E-state index is 9.90. The zero-order valence-electron chi connectivity index (χ0n) is 10.6. The first-order valence-electron chi connectivity index (χ1n) is 5.11. The van der Waals surface area contributed by atoms with Crippen molar-refractivity contribution < 1.29 is 30.0 Å². The van der Waals surface area contributed by atoms with Crippen LogP contribution in [-0.2, 0) is 9.59 Å². The number of rotatable bonds is 5. The minimum Gasteiger partial charge on any atom is -0.481 e. The average Bonchev–Trinajstić information content (AvgIpc) is 2.14. The fourth-order valence-corrected chi connectivity index (χ4v) is 0.552. The van der Waals surface area contributed by atoms with Crippen molar-refractivity contribution in [3.63, 3.8) is 0 Å². The van der Waals surface area contributed by atoms with Gasteiger partial charge < -0.3 is 26.6 Å². The monoisotopic (exact) mass is 255 g/mol. The molecular weight excluding hydrogens is 230 g/mol. The molecule has 0 bridgehead atoms. The second kappa shape index (κ2) is 24.2. The summed E-state index contributed by atoms with van der Waals surface area (Å²) in [7, 11) is 0. The van der Waals surface area contributed by atoms with E-state index in [1.165, 1.54) is 0 Å². The van der Waals surface area contributed by atoms with Gasteiger partial charge in [0.15, 0.2) is 0 Å². The molecule has 0 aromatic carbocycles. The van der Waals surface area contributed by atoms with E-state index in [0.29, 0.717) is 12.8 Å². The van der Waals surface area contributed by atoms with E-state index in [4.69, 9.17) is 20.4 Å². The van der Waals surface area contributed by atoms with Gasteiger partial charge in [-0.1, -0.05) is 0 Å². The molecule has 0 aliphatic rings. The molecule has 0 heterocycles. The number of unbranched alkanes of at least 4 members (excludes halogenated alkanes) is 1. The van der Waals surface area contributed by atoms with E-state index in [0.717, 1.165) is 0 Å². The van der Waals surface area contributed by atoms with Gasteiger partial charge in [-0.25, -0.2) is 0 Å². The highest BCUT2D eigenvalue weighted by Gasteiger charge is 1.99. The van der Waals surface area contributed by atoms with Crippen molar-refractivity contribution in [1.82, 2.24) is 6.15 Å². The summed E-state index contributed by atoms with van der Waals surface area (Å²) in [6.45, 7) is 3.86. The number of carbonyl (C=O) groups is 2. The molecule has 0 saturated carbocycles. The van der Waals surface area contributed by atoms with Gasteiger partial charge in [0, 0.05) is 26.1 Å². The van der Waals surface area contributed by atoms with Crippen LogP contribution in [0.2, 0.25) is 0 Å². The summed E-state index contributed by atoms with van der Waals surface area (Å²) in [5, 5.41) is 31.4. The van der Waals surface area contributed by atoms with Gasteiger partial charge in [-0.15, -0.1) is 0 Å². The molecule has 7 heteroatoms. The van der Waals surface area contributed by atoms with E-state index in [1.807, 2.05) is 0 Å². The highest BCUT2D eigenvalue weighted by molar-refractivity contribution is 5.67. The van der Waals surface area contributed by atoms with Crippen molar-refractivity contribution in [2.75, 3.05) is 13.2 Å². The lowest BCUT2D eigenvalue weighted by Crippen LogP contribution is -1.97. The molecule has 0 aromatic rings. The van der Waals surface area contributed by atoms with Gasteiger partial charge in [-0.3, -0.25) is 9.59 Å². The van der Waals surface area contributed by atoms with Crippen molar-refractivity contribution in [2.45, 2.75) is 39.5 Å². The first-order valence-corrected chi connectivity index (χ1v) is 5.11. The molecule has 0 spiro atoms. The van der Waals surface area contributed by atoms with Crippen LogP contribution in [0.4, 0.5) is 0 Å². The number of hydrogen-bond donors (Lipinski definition) is 5. The first-order chi connectivity index (χ1) is 7.45. The molecule has 7 nitrogen and oxygen atoms in total. The highest BCUT2D eigenvalue weighted by Crippen LogP contribution is 1.98. The summed E-state index contributed by atoms with van der Waals surface area (Å²) in [5.74, 6) is -1.74. The van der Waals surface area contributed by atoms with Gasteiger partial charge in [0.2, 0.25) is 0 Å². The van der Waals surface area contributed by atoms with Crippen molar-refractivity contribution in [3.05, 3.63) is 0 Å². The first kappa shape index (κ1) is 24.9. The van der Waals surface area contributed by atoms with Crippen molar-refractivity contribution >= 4 is 11.9 Å². The quantitative estimate of drug-likeness (QED) is 0.457. The molecule has 0 aromatic heterocycles. The molecule has 0 saturated heterocycles. The average molecular weight is 255 g/mol. The number of carboxylic acid groups (broad SMARTS) is 2. The zero-order chi connectivity index (χ0) is 13.4. The van der Waals surface area contributed by atoms with Crippen molar-refractivity contribution in [1.29, 1.82) is 0 Å². The minimum atomic E-state index is -0.870. The van der Waals surface area contributed by atoms with E-state index in [9.17, 15) is 9.59 Å². The third-order valence-corrected chi connectivity index (χ3v) is 1.03. The number of aliphatic carboxylic acids is 2. The lowest BCUT2D eigenvalue weighted by molar-refractivity contribution is -0.139. The standard InChI is InChI=1S/C6H10O4.2C2H6O.H3N/c7-5(8)3-1-2-4-6(9)10;2*1-2-3;/h1-4H2,(H,7,8)(H,9,10);2*3H,2H2,1H3;1H3. The van der Waals surface area contributed by atoms with Crippen LogP contribution in [-0.4, -0.2) is 45.6 Å². The zero-order valence-corrected chi connectivity index (χ0v) is 10.6. The Bertz CT molecular complexity index is 145. The Hall–Kier alpha value is -1.18. The van der Waals surface area contributed by atoms with Gasteiger partial charge in [0.05, 0.1) is 0 Å². The third kappa shape index (κ3) is 71.9. The summed E-state index contributed by atoms with van der Waals surface area (Å²) in [4.78, 5) is 19.8. The van der Waals surface area contributed by atoms with Gasteiger partial charge >= 0.3 is 11.9 Å². The van der Waals surface area contributed by atoms with Crippen LogP contribution in [0, 0.1) is 0 Å². The van der Waals surface area contributed by atoms with Crippen LogP contribution in [0.5, 0.6) is 0 Å². The maximum Gasteiger partial charge on any atom is 0.303 e. The number of aliphatic hydroxyl groups is 2. The van der Waals surface area contributed by atoms with Gasteiger partial charge in [-0.2, -0.15) is 0 Å². The second-order valence-corrected chi connectivity index (χ2v) is 2.63. The molecule has 0 aliphatic heterocycles. The van der Waals surface area contributed by atoms with Crippen LogP contribution in [0.1, 0.15) is 39.5 Å². The third-order valence-electron chi connectivity index (χ3n) is 1.03. The molecule has 106 valence electrons. The number of aliphatic hydroxyl groups excluding tert-OH is 2. The Balaban J connectivity index is -0.000000102. The summed E-state index contributed by atoms with van der Waals surface area (Å²) in [6.07, 6.45) is 1.02. The van der Waals surface area contributed by atoms with Crippen molar-refractivity contribution in [2.24, 2.45) is 0 Å². The minimum absolute atomic E-state index is 0. The molecule has 0 fully saturated rings. The van der Waals surface area contributed by atoms with Crippen LogP contribution in [0.3, 0.4) is 0 Å². The fraction of sp³-hybridized carbons (Fsp3) is 0.800. The van der Waals surface area contributed by atoms with Crippen LogP contribution < -0.4 is 6.15 Å². The van der Waals surface area contributed by atoms with Gasteiger partial charge in [0.1, 0.15) is 0 Å². The summed E-state index contributed by atoms with van der Waals surface area (Å²) < 4.78 is 0. The molecule has 0 radical (unpaired) electrons. The molecule has 7 N–H and O–H groups in total. The Labute approximate surface area is 102 Å². The predicted octanol–water partition coefficient (Wildman–Crippen LogP) is 0.875. The topological polar surface area (TPSA) is 150 Å². The van der Waals surface area contributed by atoms with Crippen molar-refractivity contribution in [3.8, 4) is 0 Å². The lowest BCUT2D eigenvalue weighted by atomic mass is 10.2. The molecule has 0 atom stereocenters. The smallest absolute Gasteiger partial charge is 0.303 e. The summed E-state index contributed by atoms with van der Waals surface area (Å²) in [5.41, 5.74) is 0. The molecule has 17 heavy (non-hydrogen) atoms. The predicted molar refractivity (Wildman–Crippen MR) is 64.3 cm³/mol. The van der Waals surface area contributed by atoms with E-state index < -0.39 is 11.9 Å². The number of hydrogen-bond acceptors (Lipinski definition) is 5. The number of carboxylic acids is 2. The Morgan fingerprint density at radius 3 is 1.12 bits per heavy atom. The Morgan fingerprint density at radius 1 is 0.824 bits per heavy atom. The van der Waals surface area contributed by atoms with Crippen LogP contribution >= 0.6 is 0 Å². The molecule has 0 rings (SSSR count). The lowest BCUT2D eigenvalue weighted by Gasteiger charge is -1.92. The molecule has 0 unspecified atom stereocenters. The van der Waals surface area contributed by atoms with E-state index >= 15 is 0 Å². The van der Waals surface area contributed by atoms with Crippen LogP contribution in [0.25, 0.3) is 0 Å². The largest absolute Gasteiger partial charge is 0.481 e. The van der Waals surface area contributed by atoms with Gasteiger partial charge in [-0.05, 0) is 26.7 Å². The van der Waals surface area contributed by atoms with E-state index in [-0.39, 0.29) is 32.2 Å². The van der Waals surface area contributed by atoms with Gasteiger partial charge in [0.25, 0.3) is 0 Å². The van der Waals surface area contributed by atoms with Crippen LogP contribution in [0.15, 0.2) is 0 Å². The maximum atomic E-state index is 9.90. The second-order valence-electron chi connectivity index (χ2n) is 2.63. The Kier molecular flexibility index (Phi) is 35.4. The fourth-order valence-electron chi connectivity index (χ4n) is 0.552. The molecule has 0 aliphatic carbocycles. The Morgan fingerprint density at radius 2 is 1.00 bits per heavy atom. The normalized spacial score (nSPS) is 7.53.